The number of urea groups is 1. The summed E-state index contributed by atoms with van der Waals surface area (Å²) < 4.78 is 12.3. The number of carbonyl (C=O) groups excluding carboxylic acids is 1. The van der Waals surface area contributed by atoms with Crippen LogP contribution >= 0.6 is 0 Å². The van der Waals surface area contributed by atoms with Crippen molar-refractivity contribution in [3.8, 4) is 5.69 Å². The molecule has 128 valence electrons. The molecule has 0 saturated carbocycles. The fraction of sp³-hybridized carbons (Fsp3) is 0.467. The number of hydrogen-bond acceptors (Lipinski definition) is 6. The summed E-state index contributed by atoms with van der Waals surface area (Å²) in [5.74, 6) is 0. The molecule has 1 aliphatic rings. The first kappa shape index (κ1) is 16.3. The Balaban J connectivity index is 1.66. The minimum atomic E-state index is -0.291. The van der Waals surface area contributed by atoms with E-state index in [4.69, 9.17) is 9.47 Å². The van der Waals surface area contributed by atoms with Crippen molar-refractivity contribution < 1.29 is 14.3 Å². The Morgan fingerprint density at radius 1 is 1.38 bits per heavy atom. The number of aromatic nitrogens is 4. The maximum absolute atomic E-state index is 12.2. The Bertz CT molecular complexity index is 697. The molecule has 1 saturated heterocycles. The van der Waals surface area contributed by atoms with Gasteiger partial charge in [0, 0.05) is 12.2 Å². The normalized spacial score (nSPS) is 17.5. The van der Waals surface area contributed by atoms with E-state index in [1.807, 2.05) is 26.0 Å². The molecule has 1 aromatic carbocycles. The SMILES string of the molecule is Cc1cc(-n2cnnn2)cc(NC(=O)NCC2COCCO2)c1C. The average molecular weight is 332 g/mol. The van der Waals surface area contributed by atoms with Gasteiger partial charge in [0.05, 0.1) is 31.6 Å². The molecule has 1 atom stereocenters. The van der Waals surface area contributed by atoms with Crippen LogP contribution in [0.1, 0.15) is 11.1 Å². The molecular weight excluding hydrogens is 312 g/mol. The highest BCUT2D eigenvalue weighted by atomic mass is 16.6. The first-order valence-electron chi connectivity index (χ1n) is 7.72. The molecule has 0 spiro atoms. The van der Waals surface area contributed by atoms with Crippen molar-refractivity contribution in [3.05, 3.63) is 29.6 Å². The Hall–Kier alpha value is -2.52. The summed E-state index contributed by atoms with van der Waals surface area (Å²) in [6.07, 6.45) is 1.40. The van der Waals surface area contributed by atoms with Crippen molar-refractivity contribution in [1.29, 1.82) is 0 Å². The lowest BCUT2D eigenvalue weighted by Crippen LogP contribution is -2.41. The van der Waals surface area contributed by atoms with Gasteiger partial charge in [0.15, 0.2) is 0 Å². The second-order valence-electron chi connectivity index (χ2n) is 5.59. The second-order valence-corrected chi connectivity index (χ2v) is 5.59. The molecule has 2 N–H and O–H groups in total. The smallest absolute Gasteiger partial charge is 0.319 e. The van der Waals surface area contributed by atoms with Gasteiger partial charge in [0.1, 0.15) is 6.33 Å². The number of benzene rings is 1. The molecule has 9 heteroatoms. The Labute approximate surface area is 139 Å². The van der Waals surface area contributed by atoms with Crippen LogP contribution in [0.2, 0.25) is 0 Å². The van der Waals surface area contributed by atoms with Gasteiger partial charge in [-0.25, -0.2) is 9.48 Å². The molecule has 1 unspecified atom stereocenters. The topological polar surface area (TPSA) is 103 Å². The van der Waals surface area contributed by atoms with Gasteiger partial charge in [-0.2, -0.15) is 0 Å². The average Bonchev–Trinajstić information content (AvgIpc) is 3.12. The van der Waals surface area contributed by atoms with Crippen LogP contribution in [0.3, 0.4) is 0 Å². The zero-order chi connectivity index (χ0) is 16.9. The van der Waals surface area contributed by atoms with Gasteiger partial charge in [0.2, 0.25) is 0 Å². The summed E-state index contributed by atoms with van der Waals surface area (Å²) in [6, 6.07) is 3.50. The monoisotopic (exact) mass is 332 g/mol. The molecular formula is C15H20N6O3. The molecule has 1 aliphatic heterocycles. The van der Waals surface area contributed by atoms with E-state index in [1.54, 1.807) is 4.68 Å². The summed E-state index contributed by atoms with van der Waals surface area (Å²) in [4.78, 5) is 12.2. The first-order valence-corrected chi connectivity index (χ1v) is 7.72. The Kier molecular flexibility index (Phi) is 5.02. The van der Waals surface area contributed by atoms with E-state index in [9.17, 15) is 4.79 Å². The fourth-order valence-electron chi connectivity index (χ4n) is 2.41. The van der Waals surface area contributed by atoms with Crippen LogP contribution in [0.4, 0.5) is 10.5 Å². The van der Waals surface area contributed by atoms with E-state index in [2.05, 4.69) is 26.2 Å². The standard InChI is InChI=1S/C15H20N6O3/c1-10-5-12(21-9-17-19-20-21)6-14(11(10)2)18-15(22)16-7-13-8-23-3-4-24-13/h5-6,9,13H,3-4,7-8H2,1-2H3,(H2,16,18,22). The van der Waals surface area contributed by atoms with E-state index >= 15 is 0 Å². The number of hydrogen-bond donors (Lipinski definition) is 2. The van der Waals surface area contributed by atoms with Crippen LogP contribution in [0.15, 0.2) is 18.5 Å². The molecule has 1 aromatic heterocycles. The molecule has 2 aromatic rings. The highest BCUT2D eigenvalue weighted by Crippen LogP contribution is 2.23. The summed E-state index contributed by atoms with van der Waals surface area (Å²) in [5.41, 5.74) is 3.50. The molecule has 3 rings (SSSR count). The number of tetrazole rings is 1. The van der Waals surface area contributed by atoms with Crippen molar-refractivity contribution in [2.24, 2.45) is 0 Å². The van der Waals surface area contributed by atoms with Crippen molar-refractivity contribution in [1.82, 2.24) is 25.5 Å². The fourth-order valence-corrected chi connectivity index (χ4v) is 2.41. The summed E-state index contributed by atoms with van der Waals surface area (Å²) >= 11 is 0. The van der Waals surface area contributed by atoms with Crippen LogP contribution in [0, 0.1) is 13.8 Å². The Morgan fingerprint density at radius 2 is 2.25 bits per heavy atom. The van der Waals surface area contributed by atoms with E-state index in [-0.39, 0.29) is 12.1 Å². The highest BCUT2D eigenvalue weighted by molar-refractivity contribution is 5.90. The zero-order valence-electron chi connectivity index (χ0n) is 13.7. The van der Waals surface area contributed by atoms with Gasteiger partial charge in [-0.3, -0.25) is 0 Å². The first-order chi connectivity index (χ1) is 11.6. The predicted molar refractivity (Wildman–Crippen MR) is 86.2 cm³/mol. The largest absolute Gasteiger partial charge is 0.376 e. The molecule has 0 bridgehead atoms. The van der Waals surface area contributed by atoms with E-state index < -0.39 is 0 Å². The predicted octanol–water partition coefficient (Wildman–Crippen LogP) is 0.816. The summed E-state index contributed by atoms with van der Waals surface area (Å²) in [7, 11) is 0. The number of carbonyl (C=O) groups is 1. The van der Waals surface area contributed by atoms with Gasteiger partial charge in [0.25, 0.3) is 0 Å². The maximum atomic E-state index is 12.2. The van der Waals surface area contributed by atoms with Crippen LogP contribution in [0.25, 0.3) is 5.69 Å². The van der Waals surface area contributed by atoms with Gasteiger partial charge in [-0.15, -0.1) is 5.10 Å². The van der Waals surface area contributed by atoms with Crippen LogP contribution in [-0.2, 0) is 9.47 Å². The zero-order valence-corrected chi connectivity index (χ0v) is 13.7. The van der Waals surface area contributed by atoms with Crippen molar-refractivity contribution >= 4 is 11.7 Å². The lowest BCUT2D eigenvalue weighted by atomic mass is 10.1. The number of anilines is 1. The number of nitrogens with one attached hydrogen (secondary N) is 2. The quantitative estimate of drug-likeness (QED) is 0.859. The van der Waals surface area contributed by atoms with Gasteiger partial charge in [-0.05, 0) is 47.5 Å². The number of rotatable bonds is 4. The second kappa shape index (κ2) is 7.37. The van der Waals surface area contributed by atoms with Gasteiger partial charge < -0.3 is 20.1 Å². The molecule has 9 nitrogen and oxygen atoms in total. The molecule has 2 amide bonds. The van der Waals surface area contributed by atoms with Crippen LogP contribution in [-0.4, -0.2) is 58.7 Å². The number of nitrogens with zero attached hydrogens (tertiary/aromatic N) is 4. The van der Waals surface area contributed by atoms with E-state index in [0.717, 1.165) is 16.8 Å². The molecule has 0 aliphatic carbocycles. The van der Waals surface area contributed by atoms with Gasteiger partial charge >= 0.3 is 6.03 Å². The van der Waals surface area contributed by atoms with Gasteiger partial charge in [-0.1, -0.05) is 0 Å². The lowest BCUT2D eigenvalue weighted by Gasteiger charge is -2.23. The molecule has 2 heterocycles. The molecule has 0 radical (unpaired) electrons. The minimum absolute atomic E-state index is 0.111. The van der Waals surface area contributed by atoms with E-state index in [0.29, 0.717) is 32.1 Å². The maximum Gasteiger partial charge on any atom is 0.319 e. The van der Waals surface area contributed by atoms with Crippen molar-refractivity contribution in [2.75, 3.05) is 31.7 Å². The number of ether oxygens (including phenoxy) is 2. The molecule has 24 heavy (non-hydrogen) atoms. The lowest BCUT2D eigenvalue weighted by molar-refractivity contribution is -0.0852. The van der Waals surface area contributed by atoms with Crippen LogP contribution in [0.5, 0.6) is 0 Å². The van der Waals surface area contributed by atoms with Crippen molar-refractivity contribution in [2.45, 2.75) is 20.0 Å². The van der Waals surface area contributed by atoms with E-state index in [1.165, 1.54) is 6.33 Å². The minimum Gasteiger partial charge on any atom is -0.376 e. The summed E-state index contributed by atoms with van der Waals surface area (Å²) in [5, 5.41) is 16.8. The van der Waals surface area contributed by atoms with Crippen molar-refractivity contribution in [3.63, 3.8) is 0 Å². The Morgan fingerprint density at radius 3 is 2.96 bits per heavy atom. The summed E-state index contributed by atoms with van der Waals surface area (Å²) in [6.45, 7) is 5.97. The third-order valence-electron chi connectivity index (χ3n) is 3.89. The third-order valence-corrected chi connectivity index (χ3v) is 3.89. The third kappa shape index (κ3) is 3.87. The molecule has 1 fully saturated rings. The number of amides is 2. The highest BCUT2D eigenvalue weighted by Gasteiger charge is 2.16. The van der Waals surface area contributed by atoms with Crippen LogP contribution < -0.4 is 10.6 Å². The number of aryl methyl sites for hydroxylation is 1.